The van der Waals surface area contributed by atoms with E-state index in [4.69, 9.17) is 28.9 Å². The molecule has 1 unspecified atom stereocenters. The first-order valence-electron chi connectivity index (χ1n) is 6.61. The molecule has 2 N–H and O–H groups in total. The average molecular weight is 287 g/mol. The van der Waals surface area contributed by atoms with E-state index in [2.05, 4.69) is 11.8 Å². The van der Waals surface area contributed by atoms with Gasteiger partial charge in [0.1, 0.15) is 0 Å². The number of hydrogen-bond acceptors (Lipinski definition) is 2. The van der Waals surface area contributed by atoms with E-state index < -0.39 is 0 Å². The summed E-state index contributed by atoms with van der Waals surface area (Å²) in [5.41, 5.74) is 7.80. The molecule has 2 rings (SSSR count). The van der Waals surface area contributed by atoms with Gasteiger partial charge in [-0.15, -0.1) is 0 Å². The van der Waals surface area contributed by atoms with Gasteiger partial charge >= 0.3 is 0 Å². The first kappa shape index (κ1) is 13.8. The Morgan fingerprint density at radius 2 is 1.94 bits per heavy atom. The quantitative estimate of drug-likeness (QED) is 0.806. The van der Waals surface area contributed by atoms with Gasteiger partial charge in [0, 0.05) is 13.1 Å². The van der Waals surface area contributed by atoms with Gasteiger partial charge in [0.2, 0.25) is 0 Å². The molecule has 0 spiro atoms. The summed E-state index contributed by atoms with van der Waals surface area (Å²) in [7, 11) is 0. The summed E-state index contributed by atoms with van der Waals surface area (Å²) < 4.78 is 0. The first-order valence-corrected chi connectivity index (χ1v) is 7.37. The summed E-state index contributed by atoms with van der Waals surface area (Å²) in [6.07, 6.45) is 5.04. The van der Waals surface area contributed by atoms with E-state index in [1.807, 2.05) is 6.07 Å². The van der Waals surface area contributed by atoms with E-state index in [-0.39, 0.29) is 0 Å². The number of rotatable bonds is 2. The maximum Gasteiger partial charge on any atom is 0.0615 e. The van der Waals surface area contributed by atoms with E-state index in [1.54, 1.807) is 6.07 Å². The summed E-state index contributed by atoms with van der Waals surface area (Å²) >= 11 is 12.1. The average Bonchev–Trinajstić information content (AvgIpc) is 2.59. The topological polar surface area (TPSA) is 29.3 Å². The number of nitrogens with zero attached hydrogens (tertiary/aromatic N) is 1. The highest BCUT2D eigenvalue weighted by Gasteiger charge is 2.18. The second kappa shape index (κ2) is 6.03. The Bertz CT molecular complexity index is 421. The molecule has 1 aromatic rings. The molecule has 0 bridgehead atoms. The Kier molecular flexibility index (Phi) is 4.63. The zero-order valence-corrected chi connectivity index (χ0v) is 12.3. The van der Waals surface area contributed by atoms with Crippen molar-refractivity contribution in [2.75, 3.05) is 23.7 Å². The van der Waals surface area contributed by atoms with Crippen molar-refractivity contribution in [3.8, 4) is 0 Å². The molecule has 18 heavy (non-hydrogen) atoms. The van der Waals surface area contributed by atoms with Crippen molar-refractivity contribution in [3.63, 3.8) is 0 Å². The molecule has 1 fully saturated rings. The molecule has 1 heterocycles. The highest BCUT2D eigenvalue weighted by Crippen LogP contribution is 2.34. The molecule has 2 nitrogen and oxygen atoms in total. The number of nitrogen functional groups attached to an aromatic ring is 1. The Hall–Kier alpha value is -0.600. The number of benzene rings is 1. The Labute approximate surface area is 119 Å². The number of hydrogen-bond donors (Lipinski definition) is 1. The van der Waals surface area contributed by atoms with Crippen LogP contribution >= 0.6 is 23.2 Å². The fraction of sp³-hybridized carbons (Fsp3) is 0.571. The maximum absolute atomic E-state index is 6.09. The molecule has 0 aromatic heterocycles. The van der Waals surface area contributed by atoms with Gasteiger partial charge in [-0.05, 0) is 37.3 Å². The SMILES string of the molecule is CCC1CCCN(c2cc(Cl)c(Cl)cc2N)CC1. The van der Waals surface area contributed by atoms with Gasteiger partial charge < -0.3 is 10.6 Å². The summed E-state index contributed by atoms with van der Waals surface area (Å²) in [6, 6.07) is 3.65. The van der Waals surface area contributed by atoms with Crippen LogP contribution in [0.1, 0.15) is 32.6 Å². The molecule has 1 aliphatic rings. The van der Waals surface area contributed by atoms with Crippen LogP contribution in [0.4, 0.5) is 11.4 Å². The lowest BCUT2D eigenvalue weighted by molar-refractivity contribution is 0.459. The molecule has 1 atom stereocenters. The minimum Gasteiger partial charge on any atom is -0.397 e. The van der Waals surface area contributed by atoms with Crippen LogP contribution in [-0.2, 0) is 0 Å². The van der Waals surface area contributed by atoms with Crippen LogP contribution < -0.4 is 10.6 Å². The third kappa shape index (κ3) is 3.04. The van der Waals surface area contributed by atoms with Crippen molar-refractivity contribution in [2.24, 2.45) is 5.92 Å². The smallest absolute Gasteiger partial charge is 0.0615 e. The largest absolute Gasteiger partial charge is 0.397 e. The van der Waals surface area contributed by atoms with Crippen LogP contribution in [0, 0.1) is 5.92 Å². The zero-order valence-electron chi connectivity index (χ0n) is 10.8. The third-order valence-electron chi connectivity index (χ3n) is 3.84. The molecule has 0 aliphatic carbocycles. The fourth-order valence-electron chi connectivity index (χ4n) is 2.64. The maximum atomic E-state index is 6.09. The Morgan fingerprint density at radius 1 is 1.22 bits per heavy atom. The second-order valence-electron chi connectivity index (χ2n) is 5.02. The lowest BCUT2D eigenvalue weighted by Crippen LogP contribution is -2.25. The summed E-state index contributed by atoms with van der Waals surface area (Å²) in [5.74, 6) is 0.846. The monoisotopic (exact) mass is 286 g/mol. The van der Waals surface area contributed by atoms with Gasteiger partial charge in [0.05, 0.1) is 21.4 Å². The molecule has 1 saturated heterocycles. The molecule has 100 valence electrons. The van der Waals surface area contributed by atoms with Gasteiger partial charge in [-0.3, -0.25) is 0 Å². The lowest BCUT2D eigenvalue weighted by atomic mass is 9.98. The summed E-state index contributed by atoms with van der Waals surface area (Å²) in [5, 5.41) is 1.11. The molecule has 0 amide bonds. The van der Waals surface area contributed by atoms with Crippen molar-refractivity contribution in [1.82, 2.24) is 0 Å². The van der Waals surface area contributed by atoms with Crippen molar-refractivity contribution in [3.05, 3.63) is 22.2 Å². The van der Waals surface area contributed by atoms with Gasteiger partial charge in [-0.2, -0.15) is 0 Å². The van der Waals surface area contributed by atoms with Crippen molar-refractivity contribution in [1.29, 1.82) is 0 Å². The normalized spacial score (nSPS) is 20.8. The standard InChI is InChI=1S/C14H20Cl2N2/c1-2-10-4-3-6-18(7-5-10)14-9-12(16)11(15)8-13(14)17/h8-10H,2-7,17H2,1H3. The van der Waals surface area contributed by atoms with Crippen LogP contribution in [0.25, 0.3) is 0 Å². The van der Waals surface area contributed by atoms with E-state index in [9.17, 15) is 0 Å². The molecule has 4 heteroatoms. The van der Waals surface area contributed by atoms with E-state index >= 15 is 0 Å². The van der Waals surface area contributed by atoms with Gasteiger partial charge in [-0.1, -0.05) is 36.5 Å². The molecular weight excluding hydrogens is 267 g/mol. The third-order valence-corrected chi connectivity index (χ3v) is 4.56. The van der Waals surface area contributed by atoms with Crippen LogP contribution in [0.5, 0.6) is 0 Å². The molecule has 1 aromatic carbocycles. The van der Waals surface area contributed by atoms with Gasteiger partial charge in [-0.25, -0.2) is 0 Å². The minimum absolute atomic E-state index is 0.527. The second-order valence-corrected chi connectivity index (χ2v) is 5.83. The predicted octanol–water partition coefficient (Wildman–Crippen LogP) is 4.59. The highest BCUT2D eigenvalue weighted by molar-refractivity contribution is 6.42. The van der Waals surface area contributed by atoms with Crippen LogP contribution in [0.2, 0.25) is 10.0 Å². The van der Waals surface area contributed by atoms with Crippen LogP contribution in [0.15, 0.2) is 12.1 Å². The van der Waals surface area contributed by atoms with Gasteiger partial charge in [0.15, 0.2) is 0 Å². The number of halogens is 2. The lowest BCUT2D eigenvalue weighted by Gasteiger charge is -2.25. The fourth-order valence-corrected chi connectivity index (χ4v) is 2.97. The van der Waals surface area contributed by atoms with Crippen molar-refractivity contribution >= 4 is 34.6 Å². The molecular formula is C14H20Cl2N2. The van der Waals surface area contributed by atoms with Crippen LogP contribution in [0.3, 0.4) is 0 Å². The van der Waals surface area contributed by atoms with E-state index in [1.165, 1.54) is 25.7 Å². The Morgan fingerprint density at radius 3 is 2.67 bits per heavy atom. The molecule has 0 saturated carbocycles. The Balaban J connectivity index is 2.18. The predicted molar refractivity (Wildman–Crippen MR) is 80.7 cm³/mol. The molecule has 0 radical (unpaired) electrons. The van der Waals surface area contributed by atoms with Crippen molar-refractivity contribution in [2.45, 2.75) is 32.6 Å². The van der Waals surface area contributed by atoms with Crippen LogP contribution in [-0.4, -0.2) is 13.1 Å². The number of anilines is 2. The first-order chi connectivity index (χ1) is 8.61. The zero-order chi connectivity index (χ0) is 13.1. The minimum atomic E-state index is 0.527. The number of nitrogens with two attached hydrogens (primary N) is 1. The molecule has 1 aliphatic heterocycles. The van der Waals surface area contributed by atoms with Gasteiger partial charge in [0.25, 0.3) is 0 Å². The van der Waals surface area contributed by atoms with E-state index in [0.29, 0.717) is 10.0 Å². The summed E-state index contributed by atoms with van der Waals surface area (Å²) in [6.45, 7) is 4.38. The highest BCUT2D eigenvalue weighted by atomic mass is 35.5. The van der Waals surface area contributed by atoms with Crippen molar-refractivity contribution < 1.29 is 0 Å². The van der Waals surface area contributed by atoms with E-state index in [0.717, 1.165) is 30.4 Å². The summed E-state index contributed by atoms with van der Waals surface area (Å²) in [4.78, 5) is 2.34.